The van der Waals surface area contributed by atoms with Crippen molar-refractivity contribution in [2.45, 2.75) is 99.8 Å². The number of methoxy groups -OCH3 is 1. The van der Waals surface area contributed by atoms with Gasteiger partial charge < -0.3 is 9.84 Å². The highest BCUT2D eigenvalue weighted by atomic mass is 16.5. The fourth-order valence-corrected chi connectivity index (χ4v) is 11.0. The van der Waals surface area contributed by atoms with E-state index >= 15 is 0 Å². The highest BCUT2D eigenvalue weighted by Crippen LogP contribution is 2.75. The van der Waals surface area contributed by atoms with Gasteiger partial charge in [0.05, 0.1) is 18.8 Å². The zero-order chi connectivity index (χ0) is 26.5. The van der Waals surface area contributed by atoms with E-state index in [1.165, 1.54) is 5.57 Å². The van der Waals surface area contributed by atoms with Crippen molar-refractivity contribution in [1.29, 1.82) is 0 Å². The summed E-state index contributed by atoms with van der Waals surface area (Å²) in [5.74, 6) is 2.16. The van der Waals surface area contributed by atoms with Crippen LogP contribution in [0.25, 0.3) is 0 Å². The number of aliphatic hydroxyl groups excluding tert-OH is 1. The van der Waals surface area contributed by atoms with Gasteiger partial charge in [0, 0.05) is 11.0 Å². The molecule has 4 nitrogen and oxygen atoms in total. The Morgan fingerprint density at radius 3 is 2.36 bits per heavy atom. The van der Waals surface area contributed by atoms with Crippen molar-refractivity contribution in [1.82, 2.24) is 0 Å². The second-order valence-corrected chi connectivity index (χ2v) is 14.7. The Morgan fingerprint density at radius 2 is 1.72 bits per heavy atom. The van der Waals surface area contributed by atoms with Crippen molar-refractivity contribution in [3.05, 3.63) is 23.5 Å². The summed E-state index contributed by atoms with van der Waals surface area (Å²) < 4.78 is 5.49. The Bertz CT molecular complexity index is 1040. The molecule has 0 unspecified atom stereocenters. The molecule has 0 aromatic rings. The molecule has 4 heteroatoms. The van der Waals surface area contributed by atoms with E-state index in [-0.39, 0.29) is 39.3 Å². The van der Waals surface area contributed by atoms with Gasteiger partial charge in [0.2, 0.25) is 0 Å². The van der Waals surface area contributed by atoms with Gasteiger partial charge in [0.15, 0.2) is 5.78 Å². The fraction of sp³-hybridized carbons (Fsp3) is 0.812. The fourth-order valence-electron chi connectivity index (χ4n) is 11.0. The van der Waals surface area contributed by atoms with E-state index < -0.39 is 5.41 Å². The van der Waals surface area contributed by atoms with Gasteiger partial charge in [-0.2, -0.15) is 0 Å². The van der Waals surface area contributed by atoms with Crippen molar-refractivity contribution in [2.24, 2.45) is 56.7 Å². The normalized spacial score (nSPS) is 50.8. The molecule has 0 aromatic carbocycles. The lowest BCUT2D eigenvalue weighted by Crippen LogP contribution is -2.65. The number of esters is 1. The monoisotopic (exact) mass is 496 g/mol. The van der Waals surface area contributed by atoms with Crippen LogP contribution in [0.5, 0.6) is 0 Å². The number of allylic oxidation sites excluding steroid dienone is 3. The van der Waals surface area contributed by atoms with Crippen LogP contribution in [0.15, 0.2) is 23.5 Å². The van der Waals surface area contributed by atoms with Crippen LogP contribution >= 0.6 is 0 Å². The molecule has 0 radical (unpaired) electrons. The topological polar surface area (TPSA) is 63.6 Å². The number of aliphatic hydroxyl groups is 1. The highest BCUT2D eigenvalue weighted by molar-refractivity contribution is 6.00. The molecule has 5 aliphatic rings. The summed E-state index contributed by atoms with van der Waals surface area (Å²) >= 11 is 0. The first kappa shape index (κ1) is 26.0. The van der Waals surface area contributed by atoms with Gasteiger partial charge in [-0.1, -0.05) is 60.1 Å². The first-order valence-electron chi connectivity index (χ1n) is 14.4. The van der Waals surface area contributed by atoms with Crippen LogP contribution < -0.4 is 0 Å². The molecule has 0 heterocycles. The minimum absolute atomic E-state index is 0.00224. The lowest BCUT2D eigenvalue weighted by Gasteiger charge is -2.70. The van der Waals surface area contributed by atoms with Gasteiger partial charge in [0.25, 0.3) is 0 Å². The Morgan fingerprint density at radius 1 is 1.03 bits per heavy atom. The number of hydrogen-bond donors (Lipinski definition) is 1. The number of carbonyl (C=O) groups is 2. The van der Waals surface area contributed by atoms with Crippen molar-refractivity contribution in [2.75, 3.05) is 7.11 Å². The van der Waals surface area contributed by atoms with Crippen molar-refractivity contribution >= 4 is 11.8 Å². The van der Waals surface area contributed by atoms with Crippen molar-refractivity contribution < 1.29 is 19.4 Å². The van der Waals surface area contributed by atoms with Gasteiger partial charge >= 0.3 is 5.97 Å². The maximum absolute atomic E-state index is 13.4. The van der Waals surface area contributed by atoms with Crippen LogP contribution in [0, 0.1) is 56.7 Å². The largest absolute Gasteiger partial charge is 0.515 e. The molecule has 1 N–H and O–H groups in total. The van der Waals surface area contributed by atoms with Crippen molar-refractivity contribution in [3.8, 4) is 0 Å². The number of Topliss-reactive ketones (excluding diaryl/α,β-unsaturated/α-hetero) is 1. The number of rotatable bonds is 1. The predicted molar refractivity (Wildman–Crippen MR) is 142 cm³/mol. The smallest absolute Gasteiger partial charge is 0.312 e. The van der Waals surface area contributed by atoms with Crippen molar-refractivity contribution in [3.63, 3.8) is 0 Å². The molecule has 0 saturated heterocycles. The van der Waals surface area contributed by atoms with Crippen LogP contribution in [0.2, 0.25) is 0 Å². The summed E-state index contributed by atoms with van der Waals surface area (Å²) in [5, 5.41) is 10.0. The van der Waals surface area contributed by atoms with Gasteiger partial charge in [-0.3, -0.25) is 9.59 Å². The number of fused-ring (bicyclic) bond motifs is 7. The molecule has 0 aromatic heterocycles. The summed E-state index contributed by atoms with van der Waals surface area (Å²) in [6.45, 7) is 16.4. The van der Waals surface area contributed by atoms with Crippen LogP contribution in [0.1, 0.15) is 99.8 Å². The lowest BCUT2D eigenvalue weighted by atomic mass is 9.33. The van der Waals surface area contributed by atoms with Gasteiger partial charge in [-0.25, -0.2) is 0 Å². The Hall–Kier alpha value is -1.58. The SMILES string of the molecule is COC(=O)[C@]12CC[C@@H](C)[C@H](C)[C@H]1C1=CC[C@@H]3[C@@]4(C)C/C(=C/O)C(=O)C(C)(C)[C@@H]4CC[C@@]3(C)[C@]1(C)CC2. The van der Waals surface area contributed by atoms with Crippen LogP contribution in [0.3, 0.4) is 0 Å². The Balaban J connectivity index is 1.64. The molecule has 5 aliphatic carbocycles. The summed E-state index contributed by atoms with van der Waals surface area (Å²) in [7, 11) is 1.57. The average molecular weight is 497 g/mol. The maximum atomic E-state index is 13.4. The third-order valence-electron chi connectivity index (χ3n) is 13.3. The lowest BCUT2D eigenvalue weighted by molar-refractivity contribution is -0.187. The third kappa shape index (κ3) is 2.94. The van der Waals surface area contributed by atoms with E-state index in [1.807, 2.05) is 0 Å². The van der Waals surface area contributed by atoms with E-state index in [9.17, 15) is 14.7 Å². The molecule has 0 bridgehead atoms. The summed E-state index contributed by atoms with van der Waals surface area (Å²) in [5.41, 5.74) is 1.34. The summed E-state index contributed by atoms with van der Waals surface area (Å²) in [6, 6.07) is 0. The van der Waals surface area contributed by atoms with Gasteiger partial charge in [0.1, 0.15) is 0 Å². The molecule has 36 heavy (non-hydrogen) atoms. The summed E-state index contributed by atoms with van der Waals surface area (Å²) in [6.07, 6.45) is 11.4. The molecule has 9 atom stereocenters. The highest BCUT2D eigenvalue weighted by Gasteiger charge is 2.70. The number of carbonyl (C=O) groups excluding carboxylic acids is 2. The Kier molecular flexibility index (Phi) is 5.76. The van der Waals surface area contributed by atoms with E-state index in [1.54, 1.807) is 7.11 Å². The third-order valence-corrected chi connectivity index (χ3v) is 13.3. The first-order chi connectivity index (χ1) is 16.7. The maximum Gasteiger partial charge on any atom is 0.312 e. The molecule has 4 saturated carbocycles. The minimum atomic E-state index is -0.465. The quantitative estimate of drug-likeness (QED) is 0.177. The molecule has 4 fully saturated rings. The first-order valence-corrected chi connectivity index (χ1v) is 14.4. The van der Waals surface area contributed by atoms with E-state index in [0.29, 0.717) is 35.7 Å². The molecular formula is C32H48O4. The van der Waals surface area contributed by atoms with E-state index in [0.717, 1.165) is 51.2 Å². The molecule has 0 aliphatic heterocycles. The zero-order valence-electron chi connectivity index (χ0n) is 23.9. The molecule has 5 rings (SSSR count). The molecule has 0 amide bonds. The van der Waals surface area contributed by atoms with Gasteiger partial charge in [-0.15, -0.1) is 0 Å². The minimum Gasteiger partial charge on any atom is -0.515 e. The van der Waals surface area contributed by atoms with Crippen LogP contribution in [-0.2, 0) is 14.3 Å². The van der Waals surface area contributed by atoms with E-state index in [4.69, 9.17) is 4.74 Å². The summed E-state index contributed by atoms with van der Waals surface area (Å²) in [4.78, 5) is 26.7. The number of ketones is 1. The van der Waals surface area contributed by atoms with Crippen LogP contribution in [0.4, 0.5) is 0 Å². The number of hydrogen-bond acceptors (Lipinski definition) is 4. The second-order valence-electron chi connectivity index (χ2n) is 14.7. The molecule has 0 spiro atoms. The average Bonchev–Trinajstić information content (AvgIpc) is 2.83. The van der Waals surface area contributed by atoms with Crippen LogP contribution in [-0.4, -0.2) is 24.0 Å². The zero-order valence-corrected chi connectivity index (χ0v) is 23.9. The Labute approximate surface area is 218 Å². The standard InChI is InChI=1S/C32H48O4/c1-19-11-14-32(27(35)36-8)16-15-30(6)22(25(32)20(19)2)9-10-24-29(5)17-21(18-33)26(34)28(3,4)23(29)12-13-31(24,30)7/h9,18-20,23-25,33H,10-17H2,1-8H3/b21-18-/t19-,20+,23+,24-,25+,29+,30-,31-,32+/m1/s1. The number of ether oxygens (including phenoxy) is 1. The predicted octanol–water partition coefficient (Wildman–Crippen LogP) is 7.44. The van der Waals surface area contributed by atoms with Gasteiger partial charge in [-0.05, 0) is 97.2 Å². The molecule has 200 valence electrons. The van der Waals surface area contributed by atoms with E-state index in [2.05, 4.69) is 54.5 Å². The second kappa shape index (κ2) is 7.96. The molecular weight excluding hydrogens is 448 g/mol.